The Balaban J connectivity index is 2.11. The minimum atomic E-state index is -0.416. The van der Waals surface area contributed by atoms with Crippen molar-refractivity contribution in [3.8, 4) is 6.07 Å². The fourth-order valence-corrected chi connectivity index (χ4v) is 2.56. The van der Waals surface area contributed by atoms with Gasteiger partial charge in [0.15, 0.2) is 0 Å². The SMILES string of the molecule is N#CC(NCc1ccccc1)c1ccc(Br)cc1Cl. The number of benzene rings is 2. The molecule has 0 aliphatic carbocycles. The van der Waals surface area contributed by atoms with Gasteiger partial charge >= 0.3 is 0 Å². The van der Waals surface area contributed by atoms with Crippen molar-refractivity contribution in [2.45, 2.75) is 12.6 Å². The maximum Gasteiger partial charge on any atom is 0.123 e. The molecule has 0 radical (unpaired) electrons. The van der Waals surface area contributed by atoms with Crippen molar-refractivity contribution in [1.82, 2.24) is 5.32 Å². The van der Waals surface area contributed by atoms with Crippen molar-refractivity contribution < 1.29 is 0 Å². The van der Waals surface area contributed by atoms with Gasteiger partial charge in [-0.3, -0.25) is 5.32 Å². The molecule has 0 aromatic heterocycles. The Labute approximate surface area is 126 Å². The van der Waals surface area contributed by atoms with Gasteiger partial charge in [0.25, 0.3) is 0 Å². The normalized spacial score (nSPS) is 11.8. The molecule has 0 aliphatic heterocycles. The van der Waals surface area contributed by atoms with Crippen molar-refractivity contribution in [2.75, 3.05) is 0 Å². The quantitative estimate of drug-likeness (QED) is 0.895. The van der Waals surface area contributed by atoms with Gasteiger partial charge in [0.05, 0.1) is 6.07 Å². The second kappa shape index (κ2) is 6.72. The van der Waals surface area contributed by atoms with E-state index in [1.54, 1.807) is 6.07 Å². The van der Waals surface area contributed by atoms with E-state index in [4.69, 9.17) is 11.6 Å². The van der Waals surface area contributed by atoms with Crippen LogP contribution in [0.15, 0.2) is 53.0 Å². The Morgan fingerprint density at radius 2 is 1.95 bits per heavy atom. The minimum absolute atomic E-state index is 0.416. The first-order chi connectivity index (χ1) is 9.20. The summed E-state index contributed by atoms with van der Waals surface area (Å²) in [6, 6.07) is 17.3. The highest BCUT2D eigenvalue weighted by Gasteiger charge is 2.13. The van der Waals surface area contributed by atoms with Crippen LogP contribution in [0.5, 0.6) is 0 Å². The first kappa shape index (κ1) is 14.1. The van der Waals surface area contributed by atoms with Crippen molar-refractivity contribution in [1.29, 1.82) is 5.26 Å². The van der Waals surface area contributed by atoms with Gasteiger partial charge in [0.2, 0.25) is 0 Å². The lowest BCUT2D eigenvalue weighted by molar-refractivity contribution is 0.630. The highest BCUT2D eigenvalue weighted by molar-refractivity contribution is 9.10. The number of nitriles is 1. The molecule has 4 heteroatoms. The van der Waals surface area contributed by atoms with Crippen LogP contribution in [0.3, 0.4) is 0 Å². The molecule has 0 heterocycles. The molecule has 19 heavy (non-hydrogen) atoms. The Morgan fingerprint density at radius 1 is 1.21 bits per heavy atom. The highest BCUT2D eigenvalue weighted by Crippen LogP contribution is 2.26. The van der Waals surface area contributed by atoms with Crippen LogP contribution in [0.25, 0.3) is 0 Å². The van der Waals surface area contributed by atoms with E-state index in [9.17, 15) is 5.26 Å². The number of halogens is 2. The number of hydrogen-bond acceptors (Lipinski definition) is 2. The smallest absolute Gasteiger partial charge is 0.123 e. The molecule has 2 rings (SSSR count). The molecule has 0 bridgehead atoms. The lowest BCUT2D eigenvalue weighted by Crippen LogP contribution is -2.19. The minimum Gasteiger partial charge on any atom is -0.294 e. The molecular formula is C15H12BrClN2. The van der Waals surface area contributed by atoms with Crippen molar-refractivity contribution in [2.24, 2.45) is 0 Å². The fourth-order valence-electron chi connectivity index (χ4n) is 1.78. The van der Waals surface area contributed by atoms with E-state index in [1.165, 1.54) is 0 Å². The monoisotopic (exact) mass is 334 g/mol. The van der Waals surface area contributed by atoms with Crippen LogP contribution in [0.4, 0.5) is 0 Å². The van der Waals surface area contributed by atoms with Gasteiger partial charge in [0, 0.05) is 21.6 Å². The van der Waals surface area contributed by atoms with Crippen molar-refractivity contribution in [3.63, 3.8) is 0 Å². The summed E-state index contributed by atoms with van der Waals surface area (Å²) in [4.78, 5) is 0. The molecule has 1 unspecified atom stereocenters. The average Bonchev–Trinajstić information content (AvgIpc) is 2.42. The van der Waals surface area contributed by atoms with Gasteiger partial charge in [-0.25, -0.2) is 0 Å². The molecule has 1 atom stereocenters. The molecule has 96 valence electrons. The topological polar surface area (TPSA) is 35.8 Å². The first-order valence-corrected chi connectivity index (χ1v) is 6.99. The Hall–Kier alpha value is -1.34. The summed E-state index contributed by atoms with van der Waals surface area (Å²) in [7, 11) is 0. The second-order valence-corrected chi connectivity index (χ2v) is 5.42. The first-order valence-electron chi connectivity index (χ1n) is 5.82. The predicted molar refractivity (Wildman–Crippen MR) is 80.8 cm³/mol. The maximum absolute atomic E-state index is 9.27. The summed E-state index contributed by atoms with van der Waals surface area (Å²) in [5.74, 6) is 0. The fraction of sp³-hybridized carbons (Fsp3) is 0.133. The second-order valence-electron chi connectivity index (χ2n) is 4.09. The molecule has 2 nitrogen and oxygen atoms in total. The molecule has 0 saturated carbocycles. The third-order valence-electron chi connectivity index (χ3n) is 2.76. The summed E-state index contributed by atoms with van der Waals surface area (Å²) < 4.78 is 0.904. The van der Waals surface area contributed by atoms with E-state index in [1.807, 2.05) is 42.5 Å². The molecule has 0 saturated heterocycles. The third kappa shape index (κ3) is 3.81. The van der Waals surface area contributed by atoms with Gasteiger partial charge in [0.1, 0.15) is 6.04 Å². The van der Waals surface area contributed by atoms with Crippen LogP contribution in [0.1, 0.15) is 17.2 Å². The number of nitrogens with one attached hydrogen (secondary N) is 1. The number of hydrogen-bond donors (Lipinski definition) is 1. The van der Waals surface area contributed by atoms with Crippen LogP contribution in [-0.4, -0.2) is 0 Å². The zero-order valence-electron chi connectivity index (χ0n) is 10.1. The van der Waals surface area contributed by atoms with Crippen LogP contribution >= 0.6 is 27.5 Å². The lowest BCUT2D eigenvalue weighted by Gasteiger charge is -2.13. The zero-order valence-corrected chi connectivity index (χ0v) is 12.4. The molecule has 0 fully saturated rings. The molecule has 0 amide bonds. The van der Waals surface area contributed by atoms with Crippen LogP contribution in [0, 0.1) is 11.3 Å². The summed E-state index contributed by atoms with van der Waals surface area (Å²) >= 11 is 9.52. The third-order valence-corrected chi connectivity index (χ3v) is 3.58. The summed E-state index contributed by atoms with van der Waals surface area (Å²) in [6.07, 6.45) is 0. The molecule has 1 N–H and O–H groups in total. The van der Waals surface area contributed by atoms with Crippen LogP contribution < -0.4 is 5.32 Å². The van der Waals surface area contributed by atoms with E-state index >= 15 is 0 Å². The van der Waals surface area contributed by atoms with Gasteiger partial charge in [-0.1, -0.05) is 63.9 Å². The Kier molecular flexibility index (Phi) is 4.98. The van der Waals surface area contributed by atoms with E-state index < -0.39 is 6.04 Å². The van der Waals surface area contributed by atoms with Crippen molar-refractivity contribution in [3.05, 3.63) is 69.2 Å². The standard InChI is InChI=1S/C15H12BrClN2/c16-12-6-7-13(14(17)8-12)15(9-18)19-10-11-4-2-1-3-5-11/h1-8,15,19H,10H2. The Morgan fingerprint density at radius 3 is 2.58 bits per heavy atom. The lowest BCUT2D eigenvalue weighted by atomic mass is 10.1. The molecule has 0 spiro atoms. The molecule has 2 aromatic carbocycles. The predicted octanol–water partition coefficient (Wildman–Crippen LogP) is 4.46. The van der Waals surface area contributed by atoms with E-state index in [2.05, 4.69) is 27.3 Å². The van der Waals surface area contributed by atoms with E-state index in [0.717, 1.165) is 15.6 Å². The van der Waals surface area contributed by atoms with E-state index in [-0.39, 0.29) is 0 Å². The summed E-state index contributed by atoms with van der Waals surface area (Å²) in [6.45, 7) is 0.630. The number of rotatable bonds is 4. The van der Waals surface area contributed by atoms with Gasteiger partial charge in [-0.05, 0) is 17.7 Å². The zero-order chi connectivity index (χ0) is 13.7. The van der Waals surface area contributed by atoms with Crippen LogP contribution in [0.2, 0.25) is 5.02 Å². The largest absolute Gasteiger partial charge is 0.294 e. The van der Waals surface area contributed by atoms with E-state index in [0.29, 0.717) is 11.6 Å². The maximum atomic E-state index is 9.27. The molecule has 2 aromatic rings. The van der Waals surface area contributed by atoms with Crippen molar-refractivity contribution >= 4 is 27.5 Å². The summed E-state index contributed by atoms with van der Waals surface area (Å²) in [5, 5.41) is 13.1. The van der Waals surface area contributed by atoms with Gasteiger partial charge in [-0.15, -0.1) is 0 Å². The highest BCUT2D eigenvalue weighted by atomic mass is 79.9. The van der Waals surface area contributed by atoms with Crippen LogP contribution in [-0.2, 0) is 6.54 Å². The molecular weight excluding hydrogens is 324 g/mol. The number of nitrogens with zero attached hydrogens (tertiary/aromatic N) is 1. The average molecular weight is 336 g/mol. The van der Waals surface area contributed by atoms with Gasteiger partial charge < -0.3 is 0 Å². The summed E-state index contributed by atoms with van der Waals surface area (Å²) in [5.41, 5.74) is 1.93. The van der Waals surface area contributed by atoms with Gasteiger partial charge in [-0.2, -0.15) is 5.26 Å². The molecule has 0 aliphatic rings. The Bertz CT molecular complexity index is 593.